The van der Waals surface area contributed by atoms with E-state index < -0.39 is 8.32 Å². The maximum atomic E-state index is 8.30. The molecular weight excluding hydrogens is 224 g/mol. The summed E-state index contributed by atoms with van der Waals surface area (Å²) < 4.78 is 14.6. The molecule has 96 valence electrons. The third-order valence-electron chi connectivity index (χ3n) is 3.51. The molecule has 0 saturated carbocycles. The minimum absolute atomic E-state index is 0.0618. The SMILES string of the molecule is [2H][C@@H](c1ccccc1)[C@@H](C)O[Si](C)(C)C(C)(C)C. The van der Waals surface area contributed by atoms with Crippen LogP contribution in [0.25, 0.3) is 0 Å². The van der Waals surface area contributed by atoms with Crippen LogP contribution >= 0.6 is 0 Å². The highest BCUT2D eigenvalue weighted by molar-refractivity contribution is 6.74. The van der Waals surface area contributed by atoms with Gasteiger partial charge in [0.25, 0.3) is 0 Å². The zero-order valence-electron chi connectivity index (χ0n) is 12.9. The fourth-order valence-electron chi connectivity index (χ4n) is 1.51. The smallest absolute Gasteiger partial charge is 0.192 e. The standard InChI is InChI=1S/C15H26OSi/c1-13(12-14-10-8-7-9-11-14)16-17(5,6)15(2,3)4/h7-11,13H,12H2,1-6H3/t13-/m1/s1/i12D/t12-,13-. The first-order chi connectivity index (χ1) is 8.15. The second-order valence-corrected chi connectivity index (χ2v) is 10.9. The van der Waals surface area contributed by atoms with Gasteiger partial charge in [0.1, 0.15) is 0 Å². The number of hydrogen-bond acceptors (Lipinski definition) is 1. The Morgan fingerprint density at radius 1 is 1.24 bits per heavy atom. The van der Waals surface area contributed by atoms with Crippen molar-refractivity contribution in [3.63, 3.8) is 0 Å². The van der Waals surface area contributed by atoms with Gasteiger partial charge >= 0.3 is 0 Å². The maximum Gasteiger partial charge on any atom is 0.192 e. The lowest BCUT2D eigenvalue weighted by Gasteiger charge is -2.38. The topological polar surface area (TPSA) is 9.23 Å². The van der Waals surface area contributed by atoms with Crippen molar-refractivity contribution in [1.82, 2.24) is 0 Å². The third kappa shape index (κ3) is 4.28. The van der Waals surface area contributed by atoms with Crippen LogP contribution in [0.5, 0.6) is 0 Å². The number of hydrogen-bond donors (Lipinski definition) is 0. The van der Waals surface area contributed by atoms with E-state index in [-0.39, 0.29) is 17.5 Å². The van der Waals surface area contributed by atoms with Crippen molar-refractivity contribution in [2.45, 2.75) is 58.3 Å². The molecule has 0 aromatic heterocycles. The van der Waals surface area contributed by atoms with Crippen LogP contribution in [0.3, 0.4) is 0 Å². The van der Waals surface area contributed by atoms with Crippen LogP contribution in [0.2, 0.25) is 18.1 Å². The van der Waals surface area contributed by atoms with Crippen LogP contribution < -0.4 is 0 Å². The summed E-state index contributed by atoms with van der Waals surface area (Å²) >= 11 is 0. The first kappa shape index (κ1) is 12.8. The Balaban J connectivity index is 2.75. The van der Waals surface area contributed by atoms with Gasteiger partial charge in [0.2, 0.25) is 0 Å². The molecule has 0 spiro atoms. The van der Waals surface area contributed by atoms with Crippen LogP contribution in [-0.2, 0) is 10.8 Å². The van der Waals surface area contributed by atoms with E-state index in [1.807, 2.05) is 37.3 Å². The van der Waals surface area contributed by atoms with Crippen molar-refractivity contribution in [1.29, 1.82) is 0 Å². The van der Waals surface area contributed by atoms with Crippen LogP contribution in [0, 0.1) is 0 Å². The largest absolute Gasteiger partial charge is 0.414 e. The summed E-state index contributed by atoms with van der Waals surface area (Å²) in [4.78, 5) is 0. The molecular formula is C15H26OSi. The van der Waals surface area contributed by atoms with Crippen LogP contribution in [0.4, 0.5) is 0 Å². The van der Waals surface area contributed by atoms with E-state index in [9.17, 15) is 0 Å². The minimum Gasteiger partial charge on any atom is -0.414 e. The molecule has 2 heteroatoms. The van der Waals surface area contributed by atoms with Crippen molar-refractivity contribution in [2.75, 3.05) is 0 Å². The Bertz CT molecular complexity index is 370. The van der Waals surface area contributed by atoms with Gasteiger partial charge in [-0.15, -0.1) is 0 Å². The summed E-state index contributed by atoms with van der Waals surface area (Å²) in [6.07, 6.45) is -0.367. The molecule has 2 atom stereocenters. The molecule has 1 aromatic carbocycles. The van der Waals surface area contributed by atoms with Gasteiger partial charge in [-0.3, -0.25) is 0 Å². The van der Waals surface area contributed by atoms with Crippen molar-refractivity contribution >= 4 is 8.32 Å². The second kappa shape index (κ2) is 5.36. The fraction of sp³-hybridized carbons (Fsp3) is 0.600. The van der Waals surface area contributed by atoms with E-state index in [0.29, 0.717) is 0 Å². The van der Waals surface area contributed by atoms with Gasteiger partial charge in [-0.2, -0.15) is 0 Å². The third-order valence-corrected chi connectivity index (χ3v) is 8.09. The summed E-state index contributed by atoms with van der Waals surface area (Å²) in [5.41, 5.74) is 1.03. The van der Waals surface area contributed by atoms with Gasteiger partial charge < -0.3 is 4.43 Å². The predicted molar refractivity (Wildman–Crippen MR) is 77.9 cm³/mol. The Kier molecular flexibility index (Phi) is 4.05. The minimum atomic E-state index is -1.78. The normalized spacial score (nSPS) is 17.4. The summed E-state index contributed by atoms with van der Waals surface area (Å²) in [5, 5.41) is 0.192. The van der Waals surface area contributed by atoms with Crippen LogP contribution in [-0.4, -0.2) is 14.4 Å². The van der Waals surface area contributed by atoms with Gasteiger partial charge in [0.05, 0.1) is 0 Å². The number of rotatable bonds is 4. The van der Waals surface area contributed by atoms with Gasteiger partial charge in [-0.05, 0) is 37.0 Å². The zero-order valence-corrected chi connectivity index (χ0v) is 12.9. The summed E-state index contributed by atoms with van der Waals surface area (Å²) in [7, 11) is -1.78. The molecule has 0 N–H and O–H groups in total. The fourth-order valence-corrected chi connectivity index (χ4v) is 2.86. The molecule has 0 bridgehead atoms. The highest BCUT2D eigenvalue weighted by atomic mass is 28.4. The second-order valence-electron chi connectivity index (χ2n) is 6.16. The van der Waals surface area contributed by atoms with E-state index in [4.69, 9.17) is 5.80 Å². The Morgan fingerprint density at radius 3 is 2.24 bits per heavy atom. The van der Waals surface area contributed by atoms with E-state index in [0.717, 1.165) is 5.56 Å². The lowest BCUT2D eigenvalue weighted by atomic mass is 10.1. The highest BCUT2D eigenvalue weighted by Gasteiger charge is 2.38. The van der Waals surface area contributed by atoms with E-state index in [2.05, 4.69) is 33.9 Å². The maximum absolute atomic E-state index is 8.30. The van der Waals surface area contributed by atoms with Crippen molar-refractivity contribution < 1.29 is 5.80 Å². The van der Waals surface area contributed by atoms with E-state index in [1.165, 1.54) is 0 Å². The van der Waals surface area contributed by atoms with Gasteiger partial charge in [-0.1, -0.05) is 51.1 Å². The average molecular weight is 251 g/mol. The molecule has 0 radical (unpaired) electrons. The lowest BCUT2D eigenvalue weighted by Crippen LogP contribution is -2.43. The van der Waals surface area contributed by atoms with E-state index >= 15 is 0 Å². The first-order valence-corrected chi connectivity index (χ1v) is 9.21. The van der Waals surface area contributed by atoms with Gasteiger partial charge in [0, 0.05) is 7.47 Å². The molecule has 1 rings (SSSR count). The lowest BCUT2D eigenvalue weighted by molar-refractivity contribution is 0.199. The molecule has 0 fully saturated rings. The Hall–Kier alpha value is -0.603. The molecule has 0 aliphatic heterocycles. The predicted octanol–water partition coefficient (Wildman–Crippen LogP) is 4.64. The molecule has 0 amide bonds. The molecule has 17 heavy (non-hydrogen) atoms. The van der Waals surface area contributed by atoms with Crippen molar-refractivity contribution in [3.05, 3.63) is 35.9 Å². The van der Waals surface area contributed by atoms with Crippen LogP contribution in [0.1, 0.15) is 34.6 Å². The Labute approximate surface area is 109 Å². The molecule has 0 aliphatic carbocycles. The highest BCUT2D eigenvalue weighted by Crippen LogP contribution is 2.37. The molecule has 0 saturated heterocycles. The summed E-state index contributed by atoms with van der Waals surface area (Å²) in [6, 6.07) is 9.95. The summed E-state index contributed by atoms with van der Waals surface area (Å²) in [6.45, 7) is 13.2. The van der Waals surface area contributed by atoms with Gasteiger partial charge in [-0.25, -0.2) is 0 Å². The zero-order chi connectivity index (χ0) is 14.0. The Morgan fingerprint density at radius 2 is 1.76 bits per heavy atom. The van der Waals surface area contributed by atoms with Crippen LogP contribution in [0.15, 0.2) is 30.3 Å². The molecule has 1 nitrogen and oxygen atoms in total. The van der Waals surface area contributed by atoms with Crippen molar-refractivity contribution in [3.8, 4) is 0 Å². The average Bonchev–Trinajstić information content (AvgIpc) is 2.27. The summed E-state index contributed by atoms with van der Waals surface area (Å²) in [5.74, 6) is 0. The van der Waals surface area contributed by atoms with Crippen molar-refractivity contribution in [2.24, 2.45) is 0 Å². The molecule has 1 aromatic rings. The monoisotopic (exact) mass is 251 g/mol. The molecule has 0 aliphatic rings. The quantitative estimate of drug-likeness (QED) is 0.708. The molecule has 0 heterocycles. The van der Waals surface area contributed by atoms with E-state index in [1.54, 1.807) is 0 Å². The first-order valence-electron chi connectivity index (χ1n) is 6.88. The number of benzene rings is 1. The van der Waals surface area contributed by atoms with Gasteiger partial charge in [0.15, 0.2) is 8.32 Å². The molecule has 0 unspecified atom stereocenters.